The third-order valence-corrected chi connectivity index (χ3v) is 3.75. The van der Waals surface area contributed by atoms with Crippen LogP contribution in [-0.2, 0) is 0 Å². The molecule has 3 rings (SSSR count). The molecule has 2 N–H and O–H groups in total. The number of aromatic hydroxyl groups is 1. The van der Waals surface area contributed by atoms with Gasteiger partial charge in [-0.2, -0.15) is 0 Å². The van der Waals surface area contributed by atoms with Crippen molar-refractivity contribution in [1.29, 1.82) is 0 Å². The lowest BCUT2D eigenvalue weighted by Gasteiger charge is -2.10. The average Bonchev–Trinajstić information content (AvgIpc) is 2.60. The molecule has 24 heavy (non-hydrogen) atoms. The Morgan fingerprint density at radius 1 is 1.00 bits per heavy atom. The van der Waals surface area contributed by atoms with Gasteiger partial charge >= 0.3 is 5.97 Å². The number of carboxylic acid groups (broad SMARTS) is 1. The fraction of sp³-hybridized carbons (Fsp3) is 0.111. The van der Waals surface area contributed by atoms with Crippen molar-refractivity contribution >= 4 is 16.9 Å². The van der Waals surface area contributed by atoms with Crippen LogP contribution in [0.3, 0.4) is 0 Å². The van der Waals surface area contributed by atoms with E-state index >= 15 is 0 Å². The smallest absolute Gasteiger partial charge is 0.339 e. The first-order valence-electron chi connectivity index (χ1n) is 7.12. The number of ether oxygens (including phenoxy) is 2. The van der Waals surface area contributed by atoms with Crippen LogP contribution in [0.4, 0.5) is 0 Å². The number of aromatic nitrogens is 1. The first kappa shape index (κ1) is 15.6. The van der Waals surface area contributed by atoms with E-state index in [0.29, 0.717) is 17.1 Å². The number of carboxylic acids is 1. The molecule has 0 aliphatic heterocycles. The summed E-state index contributed by atoms with van der Waals surface area (Å²) >= 11 is 0. The minimum atomic E-state index is -1.19. The van der Waals surface area contributed by atoms with Crippen LogP contribution in [0.2, 0.25) is 0 Å². The molecular formula is C18H15NO5. The van der Waals surface area contributed by atoms with Crippen molar-refractivity contribution in [2.75, 3.05) is 14.2 Å². The van der Waals surface area contributed by atoms with E-state index in [-0.39, 0.29) is 11.3 Å². The maximum Gasteiger partial charge on any atom is 0.339 e. The molecule has 1 heterocycles. The topological polar surface area (TPSA) is 88.9 Å². The number of methoxy groups -OCH3 is 2. The van der Waals surface area contributed by atoms with Crippen molar-refractivity contribution in [3.05, 3.63) is 48.2 Å². The van der Waals surface area contributed by atoms with Gasteiger partial charge in [0.05, 0.1) is 19.7 Å². The van der Waals surface area contributed by atoms with E-state index < -0.39 is 5.97 Å². The summed E-state index contributed by atoms with van der Waals surface area (Å²) in [7, 11) is 3.11. The van der Waals surface area contributed by atoms with E-state index in [1.54, 1.807) is 32.5 Å². The first-order valence-corrected chi connectivity index (χ1v) is 7.12. The number of carbonyl (C=O) groups is 1. The zero-order valence-corrected chi connectivity index (χ0v) is 13.1. The number of fused-ring (bicyclic) bond motifs is 1. The maximum absolute atomic E-state index is 11.2. The minimum Gasteiger partial charge on any atom is -0.507 e. The molecule has 0 bridgehead atoms. The Morgan fingerprint density at radius 3 is 2.38 bits per heavy atom. The highest BCUT2D eigenvalue weighted by Gasteiger charge is 2.12. The van der Waals surface area contributed by atoms with Crippen LogP contribution in [0.5, 0.6) is 17.2 Å². The molecule has 0 atom stereocenters. The summed E-state index contributed by atoms with van der Waals surface area (Å²) in [6.07, 6.45) is 1.65. The van der Waals surface area contributed by atoms with Gasteiger partial charge in [-0.25, -0.2) is 4.79 Å². The van der Waals surface area contributed by atoms with Crippen LogP contribution in [0.25, 0.3) is 22.0 Å². The fourth-order valence-electron chi connectivity index (χ4n) is 2.50. The number of aromatic carboxylic acids is 1. The third-order valence-electron chi connectivity index (χ3n) is 3.75. The summed E-state index contributed by atoms with van der Waals surface area (Å²) in [6, 6.07) is 9.88. The summed E-state index contributed by atoms with van der Waals surface area (Å²) in [5, 5.41) is 19.6. The Kier molecular flexibility index (Phi) is 3.95. The lowest BCUT2D eigenvalue weighted by Crippen LogP contribution is -1.97. The van der Waals surface area contributed by atoms with Gasteiger partial charge in [-0.05, 0) is 29.8 Å². The van der Waals surface area contributed by atoms with E-state index in [1.807, 2.05) is 12.1 Å². The van der Waals surface area contributed by atoms with Gasteiger partial charge in [0.2, 0.25) is 0 Å². The second kappa shape index (κ2) is 6.08. The highest BCUT2D eigenvalue weighted by atomic mass is 16.5. The number of benzene rings is 2. The van der Waals surface area contributed by atoms with Crippen molar-refractivity contribution in [2.24, 2.45) is 0 Å². The average molecular weight is 325 g/mol. The molecule has 0 saturated heterocycles. The quantitative estimate of drug-likeness (QED) is 0.765. The van der Waals surface area contributed by atoms with Gasteiger partial charge in [-0.15, -0.1) is 0 Å². The number of pyridine rings is 1. The lowest BCUT2D eigenvalue weighted by molar-refractivity contribution is 0.0694. The predicted octanol–water partition coefficient (Wildman–Crippen LogP) is 3.32. The highest BCUT2D eigenvalue weighted by Crippen LogP contribution is 2.33. The molecule has 3 aromatic rings. The van der Waals surface area contributed by atoms with Crippen LogP contribution in [0.1, 0.15) is 10.4 Å². The number of hydrogen-bond acceptors (Lipinski definition) is 5. The molecule has 0 fully saturated rings. The highest BCUT2D eigenvalue weighted by molar-refractivity contribution is 5.93. The molecule has 6 heteroatoms. The van der Waals surface area contributed by atoms with E-state index in [4.69, 9.17) is 14.6 Å². The van der Waals surface area contributed by atoms with Crippen molar-refractivity contribution < 1.29 is 24.5 Å². The Morgan fingerprint density at radius 2 is 1.71 bits per heavy atom. The molecular weight excluding hydrogens is 310 g/mol. The normalized spacial score (nSPS) is 10.6. The molecule has 0 unspecified atom stereocenters. The zero-order chi connectivity index (χ0) is 17.3. The van der Waals surface area contributed by atoms with Gasteiger partial charge in [0.1, 0.15) is 11.3 Å². The largest absolute Gasteiger partial charge is 0.507 e. The SMILES string of the molecule is COc1cc2cc(-c3ccc(O)c(C(=O)O)c3)cnc2cc1OC. The molecule has 2 aromatic carbocycles. The van der Waals surface area contributed by atoms with Crippen LogP contribution in [0, 0.1) is 0 Å². The number of rotatable bonds is 4. The molecule has 0 aliphatic rings. The fourth-order valence-corrected chi connectivity index (χ4v) is 2.50. The Balaban J connectivity index is 2.14. The first-order chi connectivity index (χ1) is 11.5. The lowest BCUT2D eigenvalue weighted by atomic mass is 10.0. The van der Waals surface area contributed by atoms with Gasteiger partial charge in [0, 0.05) is 23.2 Å². The molecule has 1 aromatic heterocycles. The summed E-state index contributed by atoms with van der Waals surface area (Å²) in [5.74, 6) is -0.287. The van der Waals surface area contributed by atoms with E-state index in [9.17, 15) is 9.90 Å². The Bertz CT molecular complexity index is 936. The summed E-state index contributed by atoms with van der Waals surface area (Å²) in [5.41, 5.74) is 1.96. The number of hydrogen-bond donors (Lipinski definition) is 2. The standard InChI is InChI=1S/C18H15NO5/c1-23-16-7-11-5-12(9-19-14(11)8-17(16)24-2)10-3-4-15(20)13(6-10)18(21)22/h3-9,20H,1-2H3,(H,21,22). The van der Waals surface area contributed by atoms with E-state index in [2.05, 4.69) is 4.98 Å². The second-order valence-electron chi connectivity index (χ2n) is 5.16. The van der Waals surface area contributed by atoms with Gasteiger partial charge in [0.15, 0.2) is 11.5 Å². The van der Waals surface area contributed by atoms with Crippen molar-refractivity contribution in [3.63, 3.8) is 0 Å². The predicted molar refractivity (Wildman–Crippen MR) is 88.9 cm³/mol. The van der Waals surface area contributed by atoms with Gasteiger partial charge in [0.25, 0.3) is 0 Å². The summed E-state index contributed by atoms with van der Waals surface area (Å²) < 4.78 is 10.5. The second-order valence-corrected chi connectivity index (χ2v) is 5.16. The number of nitrogens with zero attached hydrogens (tertiary/aromatic N) is 1. The Hall–Kier alpha value is -3.28. The van der Waals surface area contributed by atoms with Gasteiger partial charge < -0.3 is 19.7 Å². The molecule has 0 aliphatic carbocycles. The van der Waals surface area contributed by atoms with E-state index in [0.717, 1.165) is 16.5 Å². The minimum absolute atomic E-state index is 0.153. The van der Waals surface area contributed by atoms with Gasteiger partial charge in [-0.3, -0.25) is 4.98 Å². The van der Waals surface area contributed by atoms with Crippen LogP contribution in [0.15, 0.2) is 42.6 Å². The molecule has 0 spiro atoms. The third kappa shape index (κ3) is 2.69. The van der Waals surface area contributed by atoms with Crippen molar-refractivity contribution in [3.8, 4) is 28.4 Å². The summed E-state index contributed by atoms with van der Waals surface area (Å²) in [4.78, 5) is 15.6. The van der Waals surface area contributed by atoms with Gasteiger partial charge in [-0.1, -0.05) is 6.07 Å². The maximum atomic E-state index is 11.2. The molecule has 0 saturated carbocycles. The molecule has 0 radical (unpaired) electrons. The summed E-state index contributed by atoms with van der Waals surface area (Å²) in [6.45, 7) is 0. The van der Waals surface area contributed by atoms with E-state index in [1.165, 1.54) is 12.1 Å². The monoisotopic (exact) mass is 325 g/mol. The number of phenols is 1. The van der Waals surface area contributed by atoms with Crippen LogP contribution in [-0.4, -0.2) is 35.4 Å². The van der Waals surface area contributed by atoms with Crippen molar-refractivity contribution in [2.45, 2.75) is 0 Å². The zero-order valence-electron chi connectivity index (χ0n) is 13.1. The molecule has 6 nitrogen and oxygen atoms in total. The Labute approximate surface area is 137 Å². The van der Waals surface area contributed by atoms with Crippen LogP contribution >= 0.6 is 0 Å². The molecule has 122 valence electrons. The molecule has 0 amide bonds. The van der Waals surface area contributed by atoms with Crippen molar-refractivity contribution in [1.82, 2.24) is 4.98 Å². The van der Waals surface area contributed by atoms with Crippen LogP contribution < -0.4 is 9.47 Å².